The summed E-state index contributed by atoms with van der Waals surface area (Å²) in [5.74, 6) is 0.813. The van der Waals surface area contributed by atoms with E-state index in [2.05, 4.69) is 15.5 Å². The number of rotatable bonds is 6. The van der Waals surface area contributed by atoms with E-state index in [1.54, 1.807) is 17.0 Å². The van der Waals surface area contributed by atoms with E-state index in [1.165, 1.54) is 12.1 Å². The Morgan fingerprint density at radius 1 is 1.36 bits per heavy atom. The highest BCUT2D eigenvalue weighted by atomic mass is 19.1. The van der Waals surface area contributed by atoms with Gasteiger partial charge >= 0.3 is 6.09 Å². The first-order valence-electron chi connectivity index (χ1n) is 9.69. The van der Waals surface area contributed by atoms with Gasteiger partial charge in [-0.05, 0) is 37.8 Å². The van der Waals surface area contributed by atoms with Crippen molar-refractivity contribution in [1.29, 1.82) is 0 Å². The lowest BCUT2D eigenvalue weighted by Crippen LogP contribution is -2.45. The number of carbonyl (C=O) groups excluding carboxylic acids is 1. The predicted molar refractivity (Wildman–Crippen MR) is 102 cm³/mol. The Bertz CT molecular complexity index is 787. The molecule has 1 aromatic heterocycles. The summed E-state index contributed by atoms with van der Waals surface area (Å²) < 4.78 is 24.0. The third kappa shape index (κ3) is 5.28. The monoisotopic (exact) mass is 390 g/mol. The molecule has 1 N–H and O–H groups in total. The molecule has 28 heavy (non-hydrogen) atoms. The number of amides is 1. The van der Waals surface area contributed by atoms with Gasteiger partial charge in [0.1, 0.15) is 5.82 Å². The molecule has 0 spiro atoms. The molecule has 1 amide bonds. The Morgan fingerprint density at radius 2 is 2.11 bits per heavy atom. The van der Waals surface area contributed by atoms with Gasteiger partial charge in [0.25, 0.3) is 0 Å². The van der Waals surface area contributed by atoms with E-state index in [-0.39, 0.29) is 24.0 Å². The number of carbonyl (C=O) groups is 1. The van der Waals surface area contributed by atoms with Crippen molar-refractivity contribution >= 4 is 6.09 Å². The van der Waals surface area contributed by atoms with Crippen LogP contribution in [-0.4, -0.2) is 46.9 Å². The van der Waals surface area contributed by atoms with E-state index in [4.69, 9.17) is 9.26 Å². The summed E-state index contributed by atoms with van der Waals surface area (Å²) in [5, 5.41) is 7.42. The van der Waals surface area contributed by atoms with Crippen LogP contribution in [-0.2, 0) is 4.74 Å². The van der Waals surface area contributed by atoms with E-state index >= 15 is 0 Å². The molecular weight excluding hydrogens is 363 g/mol. The lowest BCUT2D eigenvalue weighted by molar-refractivity contribution is 0.0809. The van der Waals surface area contributed by atoms with Crippen molar-refractivity contribution in [2.75, 3.05) is 19.7 Å². The van der Waals surface area contributed by atoms with Crippen LogP contribution >= 0.6 is 0 Å². The molecule has 1 aliphatic heterocycles. The molecule has 1 aromatic carbocycles. The van der Waals surface area contributed by atoms with Gasteiger partial charge < -0.3 is 19.5 Å². The molecule has 0 radical (unpaired) electrons. The molecule has 7 nitrogen and oxygen atoms in total. The lowest BCUT2D eigenvalue weighted by atomic mass is 10.0. The maximum Gasteiger partial charge on any atom is 0.409 e. The molecule has 152 valence electrons. The van der Waals surface area contributed by atoms with Crippen molar-refractivity contribution < 1.29 is 18.4 Å². The lowest BCUT2D eigenvalue weighted by Gasteiger charge is -2.32. The Hall–Kier alpha value is -2.48. The van der Waals surface area contributed by atoms with Crippen LogP contribution in [0.5, 0.6) is 0 Å². The number of halogens is 1. The highest BCUT2D eigenvalue weighted by Gasteiger charge is 2.26. The van der Waals surface area contributed by atoms with Crippen molar-refractivity contribution in [3.8, 4) is 11.4 Å². The molecule has 1 aliphatic rings. The van der Waals surface area contributed by atoms with E-state index < -0.39 is 0 Å². The molecule has 1 saturated heterocycles. The second-order valence-corrected chi connectivity index (χ2v) is 7.59. The number of likely N-dealkylation sites (tertiary alicyclic amines) is 1. The molecule has 1 atom stereocenters. The second kappa shape index (κ2) is 9.14. The van der Waals surface area contributed by atoms with Gasteiger partial charge in [0, 0.05) is 24.7 Å². The van der Waals surface area contributed by atoms with Gasteiger partial charge in [-0.15, -0.1) is 0 Å². The fourth-order valence-electron chi connectivity index (χ4n) is 3.14. The molecule has 3 rings (SSSR count). The molecule has 2 heterocycles. The number of nitrogens with zero attached hydrogens (tertiary/aromatic N) is 3. The highest BCUT2D eigenvalue weighted by molar-refractivity contribution is 5.67. The van der Waals surface area contributed by atoms with Crippen molar-refractivity contribution in [2.24, 2.45) is 5.92 Å². The maximum atomic E-state index is 13.4. The van der Waals surface area contributed by atoms with Crippen LogP contribution in [0.1, 0.15) is 45.5 Å². The summed E-state index contributed by atoms with van der Waals surface area (Å²) >= 11 is 0. The zero-order valence-corrected chi connectivity index (χ0v) is 16.5. The minimum Gasteiger partial charge on any atom is -0.449 e. The van der Waals surface area contributed by atoms with Gasteiger partial charge in [-0.1, -0.05) is 31.1 Å². The number of hydrogen-bond acceptors (Lipinski definition) is 6. The van der Waals surface area contributed by atoms with Crippen LogP contribution in [0.2, 0.25) is 0 Å². The molecule has 0 aliphatic carbocycles. The minimum absolute atomic E-state index is 0.140. The Labute approximate surface area is 164 Å². The largest absolute Gasteiger partial charge is 0.449 e. The number of nitrogens with one attached hydrogen (secondary N) is 1. The topological polar surface area (TPSA) is 80.5 Å². The summed E-state index contributed by atoms with van der Waals surface area (Å²) in [5.41, 5.74) is 0.579. The maximum absolute atomic E-state index is 13.4. The fraction of sp³-hybridized carbons (Fsp3) is 0.550. The van der Waals surface area contributed by atoms with Gasteiger partial charge in [-0.2, -0.15) is 4.98 Å². The van der Waals surface area contributed by atoms with Crippen molar-refractivity contribution in [3.63, 3.8) is 0 Å². The van der Waals surface area contributed by atoms with Gasteiger partial charge in [-0.3, -0.25) is 0 Å². The minimum atomic E-state index is -0.339. The quantitative estimate of drug-likeness (QED) is 0.808. The van der Waals surface area contributed by atoms with Gasteiger partial charge in [0.2, 0.25) is 11.7 Å². The van der Waals surface area contributed by atoms with Gasteiger partial charge in [0.15, 0.2) is 0 Å². The summed E-state index contributed by atoms with van der Waals surface area (Å²) in [6.45, 7) is 7.73. The molecule has 1 fully saturated rings. The molecular formula is C20H27FN4O3. The summed E-state index contributed by atoms with van der Waals surface area (Å²) in [7, 11) is 0. The highest BCUT2D eigenvalue weighted by Crippen LogP contribution is 2.21. The summed E-state index contributed by atoms with van der Waals surface area (Å²) in [6.07, 6.45) is 1.41. The molecule has 2 aromatic rings. The average Bonchev–Trinajstić information content (AvgIpc) is 3.17. The first-order valence-corrected chi connectivity index (χ1v) is 9.69. The van der Waals surface area contributed by atoms with E-state index in [9.17, 15) is 9.18 Å². The summed E-state index contributed by atoms with van der Waals surface area (Å²) in [4.78, 5) is 18.2. The molecule has 8 heteroatoms. The molecule has 0 unspecified atom stereocenters. The van der Waals surface area contributed by atoms with Crippen LogP contribution in [0.3, 0.4) is 0 Å². The van der Waals surface area contributed by atoms with E-state index in [0.717, 1.165) is 12.8 Å². The third-order valence-corrected chi connectivity index (χ3v) is 4.67. The molecule has 0 saturated carbocycles. The smallest absolute Gasteiger partial charge is 0.409 e. The SMILES string of the molecule is CC(C)COC(=O)N1CCC(N[C@@H](C)c2nc(-c3cccc(F)c3)no2)CC1. The number of benzene rings is 1. The predicted octanol–water partition coefficient (Wildman–Crippen LogP) is 3.78. The van der Waals surface area contributed by atoms with Crippen LogP contribution in [0, 0.1) is 11.7 Å². The zero-order valence-electron chi connectivity index (χ0n) is 16.5. The summed E-state index contributed by atoms with van der Waals surface area (Å²) in [6, 6.07) is 6.21. The second-order valence-electron chi connectivity index (χ2n) is 7.59. The third-order valence-electron chi connectivity index (χ3n) is 4.67. The number of hydrogen-bond donors (Lipinski definition) is 1. The van der Waals surface area contributed by atoms with Crippen LogP contribution < -0.4 is 5.32 Å². The van der Waals surface area contributed by atoms with Gasteiger partial charge in [0.05, 0.1) is 12.6 Å². The van der Waals surface area contributed by atoms with Crippen LogP contribution in [0.4, 0.5) is 9.18 Å². The molecule has 0 bridgehead atoms. The standard InChI is InChI=1S/C20H27FN4O3/c1-13(2)12-27-20(26)25-9-7-17(8-10-25)22-14(3)19-23-18(24-28-19)15-5-4-6-16(21)11-15/h4-6,11,13-14,17,22H,7-10,12H2,1-3H3/t14-/m0/s1. The van der Waals surface area contributed by atoms with Crippen molar-refractivity contribution in [3.05, 3.63) is 36.0 Å². The van der Waals surface area contributed by atoms with Crippen LogP contribution in [0.25, 0.3) is 11.4 Å². The number of aromatic nitrogens is 2. The number of piperidine rings is 1. The van der Waals surface area contributed by atoms with Crippen LogP contribution in [0.15, 0.2) is 28.8 Å². The van der Waals surface area contributed by atoms with Crippen molar-refractivity contribution in [2.45, 2.75) is 45.7 Å². The first kappa shape index (κ1) is 20.3. The fourth-order valence-corrected chi connectivity index (χ4v) is 3.14. The van der Waals surface area contributed by atoms with Gasteiger partial charge in [-0.25, -0.2) is 9.18 Å². The van der Waals surface area contributed by atoms with Crippen molar-refractivity contribution in [1.82, 2.24) is 20.4 Å². The average molecular weight is 390 g/mol. The normalized spacial score (nSPS) is 16.4. The first-order chi connectivity index (χ1) is 13.4. The Balaban J connectivity index is 1.50. The van der Waals surface area contributed by atoms with E-state index in [1.807, 2.05) is 20.8 Å². The zero-order chi connectivity index (χ0) is 20.1. The number of ether oxygens (including phenoxy) is 1. The Kier molecular flexibility index (Phi) is 6.61. The van der Waals surface area contributed by atoms with E-state index in [0.29, 0.717) is 42.9 Å². The Morgan fingerprint density at radius 3 is 2.79 bits per heavy atom.